The van der Waals surface area contributed by atoms with Crippen LogP contribution in [0.15, 0.2) is 97.2 Å². The molecule has 82 heavy (non-hydrogen) atoms. The first-order chi connectivity index (χ1) is 40.5. The van der Waals surface area contributed by atoms with Crippen molar-refractivity contribution in [2.24, 2.45) is 0 Å². The molecule has 1 atom stereocenters. The van der Waals surface area contributed by atoms with Gasteiger partial charge >= 0.3 is 17.9 Å². The molecule has 0 radical (unpaired) electrons. The SMILES string of the molecule is CC/C=C\C/C=C\C/C=C\C/C=C\C/C=C\C/C=C\C/C=C\C/C=C\CCCCCCC(=O)OCC(COC(=O)CCCCCCCCCCCCCCCCC)OC(=O)CCCCCCCCCCCCCCCCCCCCCC. The van der Waals surface area contributed by atoms with Crippen molar-refractivity contribution in [3.8, 4) is 0 Å². The van der Waals surface area contributed by atoms with Gasteiger partial charge < -0.3 is 14.2 Å². The van der Waals surface area contributed by atoms with Crippen LogP contribution in [0.3, 0.4) is 0 Å². The van der Waals surface area contributed by atoms with Crippen LogP contribution in [0, 0.1) is 0 Å². The third kappa shape index (κ3) is 67.1. The largest absolute Gasteiger partial charge is 0.462 e. The highest BCUT2D eigenvalue weighted by atomic mass is 16.6. The summed E-state index contributed by atoms with van der Waals surface area (Å²) in [7, 11) is 0. The zero-order chi connectivity index (χ0) is 59.2. The van der Waals surface area contributed by atoms with Gasteiger partial charge in [0.05, 0.1) is 0 Å². The Morgan fingerprint density at radius 2 is 0.476 bits per heavy atom. The summed E-state index contributed by atoms with van der Waals surface area (Å²) < 4.78 is 17.0. The van der Waals surface area contributed by atoms with E-state index in [9.17, 15) is 14.4 Å². The fourth-order valence-electron chi connectivity index (χ4n) is 10.1. The molecule has 0 aliphatic carbocycles. The molecule has 472 valence electrons. The number of rotatable bonds is 64. The van der Waals surface area contributed by atoms with E-state index in [1.54, 1.807) is 0 Å². The molecule has 0 bridgehead atoms. The number of carbonyl (C=O) groups is 3. The number of hydrogen-bond acceptors (Lipinski definition) is 6. The Bertz CT molecular complexity index is 1590. The van der Waals surface area contributed by atoms with Crippen LogP contribution in [0.2, 0.25) is 0 Å². The topological polar surface area (TPSA) is 78.9 Å². The number of unbranched alkanes of at least 4 members (excludes halogenated alkanes) is 37. The van der Waals surface area contributed by atoms with Crippen molar-refractivity contribution in [3.05, 3.63) is 97.2 Å². The molecular weight excluding hydrogens is 1010 g/mol. The highest BCUT2D eigenvalue weighted by molar-refractivity contribution is 5.71. The minimum absolute atomic E-state index is 0.0807. The van der Waals surface area contributed by atoms with E-state index in [1.807, 2.05) is 0 Å². The summed E-state index contributed by atoms with van der Waals surface area (Å²) in [6.07, 6.45) is 94.2. The second-order valence-corrected chi connectivity index (χ2v) is 23.4. The monoisotopic (exact) mass is 1140 g/mol. The molecule has 0 saturated heterocycles. The zero-order valence-electron chi connectivity index (χ0n) is 54.2. The number of allylic oxidation sites excluding steroid dienone is 16. The average Bonchev–Trinajstić information content (AvgIpc) is 3.47. The van der Waals surface area contributed by atoms with Crippen molar-refractivity contribution in [3.63, 3.8) is 0 Å². The smallest absolute Gasteiger partial charge is 0.306 e. The van der Waals surface area contributed by atoms with Gasteiger partial charge in [-0.2, -0.15) is 0 Å². The van der Waals surface area contributed by atoms with Crippen molar-refractivity contribution >= 4 is 17.9 Å². The molecule has 0 N–H and O–H groups in total. The van der Waals surface area contributed by atoms with Gasteiger partial charge in [-0.05, 0) is 83.5 Å². The third-order valence-corrected chi connectivity index (χ3v) is 15.4. The van der Waals surface area contributed by atoms with Crippen LogP contribution in [-0.4, -0.2) is 37.2 Å². The van der Waals surface area contributed by atoms with Gasteiger partial charge in [-0.25, -0.2) is 0 Å². The van der Waals surface area contributed by atoms with Gasteiger partial charge in [0.1, 0.15) is 13.2 Å². The second-order valence-electron chi connectivity index (χ2n) is 23.4. The number of hydrogen-bond donors (Lipinski definition) is 0. The van der Waals surface area contributed by atoms with Gasteiger partial charge in [0.2, 0.25) is 0 Å². The first-order valence-electron chi connectivity index (χ1n) is 35.2. The molecule has 0 aromatic rings. The first kappa shape index (κ1) is 78.3. The van der Waals surface area contributed by atoms with E-state index >= 15 is 0 Å². The lowest BCUT2D eigenvalue weighted by molar-refractivity contribution is -0.167. The van der Waals surface area contributed by atoms with Crippen LogP contribution in [0.1, 0.15) is 348 Å². The van der Waals surface area contributed by atoms with Crippen LogP contribution >= 0.6 is 0 Å². The van der Waals surface area contributed by atoms with Crippen molar-refractivity contribution in [1.29, 1.82) is 0 Å². The van der Waals surface area contributed by atoms with E-state index in [-0.39, 0.29) is 31.1 Å². The van der Waals surface area contributed by atoms with Crippen molar-refractivity contribution in [2.75, 3.05) is 13.2 Å². The molecule has 0 aliphatic rings. The second kappa shape index (κ2) is 69.8. The van der Waals surface area contributed by atoms with E-state index in [2.05, 4.69) is 118 Å². The number of esters is 3. The molecule has 0 aromatic heterocycles. The van der Waals surface area contributed by atoms with Crippen LogP contribution in [0.4, 0.5) is 0 Å². The summed E-state index contributed by atoms with van der Waals surface area (Å²) in [5.74, 6) is -0.887. The van der Waals surface area contributed by atoms with Gasteiger partial charge in [-0.3, -0.25) is 14.4 Å². The molecule has 0 rings (SSSR count). The van der Waals surface area contributed by atoms with Crippen LogP contribution in [0.25, 0.3) is 0 Å². The van der Waals surface area contributed by atoms with Gasteiger partial charge in [-0.15, -0.1) is 0 Å². The number of carbonyl (C=O) groups excluding carboxylic acids is 3. The molecule has 0 fully saturated rings. The minimum atomic E-state index is -0.787. The highest BCUT2D eigenvalue weighted by Gasteiger charge is 2.19. The Labute approximate surface area is 508 Å². The van der Waals surface area contributed by atoms with Crippen LogP contribution < -0.4 is 0 Å². The van der Waals surface area contributed by atoms with Gasteiger partial charge in [-0.1, -0.05) is 343 Å². The summed E-state index contributed by atoms with van der Waals surface area (Å²) in [6, 6.07) is 0. The Morgan fingerprint density at radius 3 is 0.744 bits per heavy atom. The van der Waals surface area contributed by atoms with E-state index in [0.717, 1.165) is 122 Å². The molecule has 0 aromatic carbocycles. The molecule has 0 heterocycles. The van der Waals surface area contributed by atoms with Gasteiger partial charge in [0.25, 0.3) is 0 Å². The first-order valence-corrected chi connectivity index (χ1v) is 35.2. The molecule has 6 nitrogen and oxygen atoms in total. The fourth-order valence-corrected chi connectivity index (χ4v) is 10.1. The molecule has 0 amide bonds. The lowest BCUT2D eigenvalue weighted by Gasteiger charge is -2.18. The maximum atomic E-state index is 13.0. The maximum absolute atomic E-state index is 13.0. The predicted octanol–water partition coefficient (Wildman–Crippen LogP) is 24.4. The fraction of sp³-hybridized carbons (Fsp3) is 0.750. The Kier molecular flexibility index (Phi) is 66.7. The normalized spacial score (nSPS) is 12.7. The summed E-state index contributed by atoms with van der Waals surface area (Å²) in [4.78, 5) is 38.4. The van der Waals surface area contributed by atoms with Crippen molar-refractivity contribution < 1.29 is 28.6 Å². The highest BCUT2D eigenvalue weighted by Crippen LogP contribution is 2.18. The summed E-state index contributed by atoms with van der Waals surface area (Å²) >= 11 is 0. The number of ether oxygens (including phenoxy) is 3. The standard InChI is InChI=1S/C76H132O6/c1-4-7-10-13-16-19-22-25-28-30-32-34-35-36-37-38-39-40-41-42-44-45-48-51-54-57-60-63-66-69-75(78)81-72-73(71-80-74(77)68-65-62-59-56-53-50-47-27-24-21-18-15-12-9-6-3)82-76(79)70-67-64-61-58-55-52-49-46-43-33-31-29-26-23-20-17-14-11-8-5-2/h7,10,16,19,25,28,32,34,36-37,39-40,42,44,48,51,73H,4-6,8-9,11-15,17-18,20-24,26-27,29-31,33,35,38,41,43,45-47,49-50,52-72H2,1-3H3/b10-7-,19-16-,28-25-,34-32-,37-36-,40-39-,44-42-,51-48-. The minimum Gasteiger partial charge on any atom is -0.462 e. The summed E-state index contributed by atoms with van der Waals surface area (Å²) in [5.41, 5.74) is 0. The van der Waals surface area contributed by atoms with E-state index < -0.39 is 6.10 Å². The molecular formula is C76H132O6. The van der Waals surface area contributed by atoms with Crippen LogP contribution in [-0.2, 0) is 28.6 Å². The third-order valence-electron chi connectivity index (χ3n) is 15.4. The zero-order valence-corrected chi connectivity index (χ0v) is 54.2. The van der Waals surface area contributed by atoms with Crippen molar-refractivity contribution in [2.45, 2.75) is 354 Å². The molecule has 0 aliphatic heterocycles. The van der Waals surface area contributed by atoms with E-state index in [0.29, 0.717) is 19.3 Å². The quantitative estimate of drug-likeness (QED) is 0.0261. The predicted molar refractivity (Wildman–Crippen MR) is 357 cm³/mol. The lowest BCUT2D eigenvalue weighted by Crippen LogP contribution is -2.30. The Hall–Kier alpha value is -3.67. The van der Waals surface area contributed by atoms with Crippen molar-refractivity contribution in [1.82, 2.24) is 0 Å². The molecule has 1 unspecified atom stereocenters. The molecule has 0 spiro atoms. The maximum Gasteiger partial charge on any atom is 0.306 e. The van der Waals surface area contributed by atoms with E-state index in [4.69, 9.17) is 14.2 Å². The van der Waals surface area contributed by atoms with Crippen LogP contribution in [0.5, 0.6) is 0 Å². The summed E-state index contributed by atoms with van der Waals surface area (Å²) in [6.45, 7) is 6.56. The van der Waals surface area contributed by atoms with E-state index in [1.165, 1.54) is 186 Å². The Morgan fingerprint density at radius 1 is 0.256 bits per heavy atom. The summed E-state index contributed by atoms with van der Waals surface area (Å²) in [5, 5.41) is 0. The molecule has 6 heteroatoms. The van der Waals surface area contributed by atoms with Gasteiger partial charge in [0, 0.05) is 19.3 Å². The average molecular weight is 1140 g/mol. The molecule has 0 saturated carbocycles. The lowest BCUT2D eigenvalue weighted by atomic mass is 10.0. The Balaban J connectivity index is 4.37. The van der Waals surface area contributed by atoms with Gasteiger partial charge in [0.15, 0.2) is 6.10 Å².